The summed E-state index contributed by atoms with van der Waals surface area (Å²) >= 11 is 0. The fourth-order valence-corrected chi connectivity index (χ4v) is 3.18. The monoisotopic (exact) mass is 453 g/mol. The first-order chi connectivity index (χ1) is 14.9. The molecule has 0 saturated carbocycles. The number of carboxylic acid groups (broad SMARTS) is 1. The van der Waals surface area contributed by atoms with E-state index in [4.69, 9.17) is 5.11 Å². The highest BCUT2D eigenvalue weighted by Crippen LogP contribution is 2.32. The average molecular weight is 453 g/mol. The molecule has 3 atom stereocenters. The second-order valence-electron chi connectivity index (χ2n) is 7.28. The number of carbonyl (C=O) groups is 6. The van der Waals surface area contributed by atoms with Crippen LogP contribution in [0.1, 0.15) is 30.1 Å². The van der Waals surface area contributed by atoms with Crippen molar-refractivity contribution in [3.8, 4) is 0 Å². The van der Waals surface area contributed by atoms with Crippen molar-refractivity contribution >= 4 is 35.8 Å². The summed E-state index contributed by atoms with van der Waals surface area (Å²) in [6.45, 7) is 0.0457. The molecule has 1 aromatic rings. The van der Waals surface area contributed by atoms with Crippen molar-refractivity contribution in [3.05, 3.63) is 35.9 Å². The van der Waals surface area contributed by atoms with Crippen LogP contribution in [-0.4, -0.2) is 76.4 Å². The second-order valence-corrected chi connectivity index (χ2v) is 7.28. The van der Waals surface area contributed by atoms with Crippen LogP contribution in [0.15, 0.2) is 30.3 Å². The number of ketones is 1. The first-order valence-corrected chi connectivity index (χ1v) is 9.51. The third-order valence-corrected chi connectivity index (χ3v) is 4.70. The molecule has 1 aliphatic heterocycles. The quantitative estimate of drug-likeness (QED) is 0.266. The van der Waals surface area contributed by atoms with Crippen molar-refractivity contribution in [1.82, 2.24) is 15.5 Å². The molecule has 3 N–H and O–H groups in total. The molecule has 0 spiro atoms. The molecule has 1 heterocycles. The minimum absolute atomic E-state index is 0.0629. The number of carboxylic acids is 1. The Kier molecular flexibility index (Phi) is 7.73. The lowest BCUT2D eigenvalue weighted by molar-refractivity contribution is -0.142. The average Bonchev–Trinajstić information content (AvgIpc) is 3.07. The van der Waals surface area contributed by atoms with Crippen molar-refractivity contribution in [3.63, 3.8) is 0 Å². The van der Waals surface area contributed by atoms with Crippen LogP contribution in [0.4, 0.5) is 8.78 Å². The number of amides is 3. The van der Waals surface area contributed by atoms with E-state index in [2.05, 4.69) is 5.32 Å². The van der Waals surface area contributed by atoms with Gasteiger partial charge in [-0.3, -0.25) is 24.0 Å². The number of aliphatic carboxylic acids is 1. The van der Waals surface area contributed by atoms with Gasteiger partial charge in [-0.25, -0.2) is 8.78 Å². The lowest BCUT2D eigenvalue weighted by Crippen LogP contribution is -2.54. The Hall–Kier alpha value is -3.70. The van der Waals surface area contributed by atoms with Crippen LogP contribution < -0.4 is 10.6 Å². The molecule has 1 aliphatic rings. The number of likely N-dealkylation sites (tertiary alicyclic amines) is 1. The Morgan fingerprint density at radius 1 is 1.19 bits per heavy atom. The number of rotatable bonds is 9. The maximum Gasteiger partial charge on any atom is 0.305 e. The summed E-state index contributed by atoms with van der Waals surface area (Å²) in [4.78, 5) is 71.6. The summed E-state index contributed by atoms with van der Waals surface area (Å²) < 4.78 is 28.0. The van der Waals surface area contributed by atoms with Crippen LogP contribution >= 0.6 is 0 Å². The van der Waals surface area contributed by atoms with E-state index in [1.165, 1.54) is 31.2 Å². The summed E-state index contributed by atoms with van der Waals surface area (Å²) in [5.41, 5.74) is 0.0629. The number of alkyl halides is 2. The van der Waals surface area contributed by atoms with Crippen molar-refractivity contribution in [1.29, 1.82) is 0 Å². The lowest BCUT2D eigenvalue weighted by Gasteiger charge is -2.27. The van der Waals surface area contributed by atoms with E-state index in [9.17, 15) is 37.5 Å². The highest BCUT2D eigenvalue weighted by Gasteiger charge is 2.51. The van der Waals surface area contributed by atoms with Crippen LogP contribution in [0, 0.1) is 0 Å². The van der Waals surface area contributed by atoms with Crippen LogP contribution in [0.2, 0.25) is 0 Å². The Morgan fingerprint density at radius 2 is 1.81 bits per heavy atom. The Morgan fingerprint density at radius 3 is 2.38 bits per heavy atom. The van der Waals surface area contributed by atoms with Gasteiger partial charge in [0.05, 0.1) is 19.0 Å². The molecule has 0 radical (unpaired) electrons. The van der Waals surface area contributed by atoms with Gasteiger partial charge < -0.3 is 25.4 Å². The van der Waals surface area contributed by atoms with Gasteiger partial charge in [-0.15, -0.1) is 0 Å². The van der Waals surface area contributed by atoms with Crippen molar-refractivity contribution < 1.29 is 42.7 Å². The summed E-state index contributed by atoms with van der Waals surface area (Å²) in [6.07, 6.45) is -1.67. The molecule has 172 valence electrons. The van der Waals surface area contributed by atoms with Crippen molar-refractivity contribution in [2.45, 2.75) is 43.8 Å². The van der Waals surface area contributed by atoms with Gasteiger partial charge in [0.1, 0.15) is 18.4 Å². The molecule has 12 heteroatoms. The van der Waals surface area contributed by atoms with Gasteiger partial charge in [-0.05, 0) is 6.92 Å². The summed E-state index contributed by atoms with van der Waals surface area (Å²) in [5, 5.41) is 12.9. The number of nitrogens with one attached hydrogen (secondary N) is 2. The highest BCUT2D eigenvalue weighted by atomic mass is 19.3. The van der Waals surface area contributed by atoms with Gasteiger partial charge in [0.15, 0.2) is 0 Å². The molecule has 1 fully saturated rings. The van der Waals surface area contributed by atoms with Crippen molar-refractivity contribution in [2.75, 3.05) is 6.54 Å². The zero-order chi connectivity index (χ0) is 24.1. The fourth-order valence-electron chi connectivity index (χ4n) is 3.18. The topological polar surface area (TPSA) is 150 Å². The third kappa shape index (κ3) is 6.15. The van der Waals surface area contributed by atoms with E-state index in [0.29, 0.717) is 4.90 Å². The Labute approximate surface area is 180 Å². The molecule has 32 heavy (non-hydrogen) atoms. The minimum atomic E-state index is -3.43. The number of carbonyl (C=O) groups excluding carboxylic acids is 5. The molecule has 0 bridgehead atoms. The number of hydrogen-bond acceptors (Lipinski definition) is 6. The summed E-state index contributed by atoms with van der Waals surface area (Å²) in [6, 6.07) is 2.88. The third-order valence-electron chi connectivity index (χ3n) is 4.70. The number of hydrogen-bond donors (Lipinski definition) is 3. The summed E-state index contributed by atoms with van der Waals surface area (Å²) in [5.74, 6) is -9.07. The predicted molar refractivity (Wildman–Crippen MR) is 104 cm³/mol. The van der Waals surface area contributed by atoms with Crippen LogP contribution in [0.3, 0.4) is 0 Å². The molecule has 2 rings (SSSR count). The molecular formula is C20H21F2N3O7. The van der Waals surface area contributed by atoms with Crippen LogP contribution in [-0.2, 0) is 24.0 Å². The van der Waals surface area contributed by atoms with Gasteiger partial charge in [-0.1, -0.05) is 30.3 Å². The summed E-state index contributed by atoms with van der Waals surface area (Å²) in [7, 11) is 0. The Bertz CT molecular complexity index is 923. The van der Waals surface area contributed by atoms with E-state index in [1.54, 1.807) is 6.07 Å². The normalized spacial score (nSPS) is 18.8. The van der Waals surface area contributed by atoms with Gasteiger partial charge in [0, 0.05) is 12.0 Å². The zero-order valence-corrected chi connectivity index (χ0v) is 16.9. The first-order valence-electron chi connectivity index (χ1n) is 9.51. The zero-order valence-electron chi connectivity index (χ0n) is 16.9. The molecule has 0 aromatic heterocycles. The lowest BCUT2D eigenvalue weighted by atomic mass is 10.1. The van der Waals surface area contributed by atoms with Gasteiger partial charge in [0.25, 0.3) is 11.8 Å². The van der Waals surface area contributed by atoms with Crippen LogP contribution in [0.25, 0.3) is 0 Å². The highest BCUT2D eigenvalue weighted by molar-refractivity contribution is 6.43. The number of aldehydes is 1. The van der Waals surface area contributed by atoms with Gasteiger partial charge in [-0.2, -0.15) is 0 Å². The number of nitrogens with zero attached hydrogens (tertiary/aromatic N) is 1. The number of benzene rings is 1. The molecular weight excluding hydrogens is 432 g/mol. The van der Waals surface area contributed by atoms with Gasteiger partial charge in [0.2, 0.25) is 17.6 Å². The first kappa shape index (κ1) is 24.6. The van der Waals surface area contributed by atoms with E-state index >= 15 is 0 Å². The van der Waals surface area contributed by atoms with Crippen LogP contribution in [0.5, 0.6) is 0 Å². The van der Waals surface area contributed by atoms with E-state index in [0.717, 1.165) is 0 Å². The second kappa shape index (κ2) is 10.1. The van der Waals surface area contributed by atoms with Crippen molar-refractivity contribution in [2.24, 2.45) is 0 Å². The fraction of sp³-hybridized carbons (Fsp3) is 0.400. The molecule has 1 unspecified atom stereocenters. The number of Topliss-reactive ketones (excluding diaryl/α,β-unsaturated/α-hetero) is 1. The molecule has 1 saturated heterocycles. The van der Waals surface area contributed by atoms with E-state index in [-0.39, 0.29) is 11.8 Å². The minimum Gasteiger partial charge on any atom is -0.481 e. The van der Waals surface area contributed by atoms with Gasteiger partial charge >= 0.3 is 5.97 Å². The molecule has 1 aromatic carbocycles. The Balaban J connectivity index is 2.10. The van der Waals surface area contributed by atoms with E-state index < -0.39 is 72.9 Å². The maximum atomic E-state index is 14.0. The molecule has 0 aliphatic carbocycles. The molecule has 10 nitrogen and oxygen atoms in total. The molecule has 3 amide bonds. The number of halogens is 2. The predicted octanol–water partition coefficient (Wildman–Crippen LogP) is -0.231. The van der Waals surface area contributed by atoms with E-state index in [1.807, 2.05) is 5.32 Å². The maximum absolute atomic E-state index is 14.0. The largest absolute Gasteiger partial charge is 0.481 e. The smallest absolute Gasteiger partial charge is 0.305 e. The SMILES string of the molecule is C[C@H](NC(=O)C(=O)c1ccccc1)C(=O)N1CC(F)(F)CC1C(=O)N[C@H](C=O)CC(=O)O. The standard InChI is InChI=1S/C20H21F2N3O7/c1-11(23-18(31)16(29)12-5-3-2-4-6-12)19(32)25-10-20(21,22)8-14(25)17(30)24-13(9-26)7-15(27)28/h2-6,9,11,13-14H,7-8,10H2,1H3,(H,23,31)(H,24,30)(H,27,28)/t11-,13-,14?/m0/s1.